The zero-order chi connectivity index (χ0) is 15.6. The average molecular weight is 356 g/mol. The van der Waals surface area contributed by atoms with E-state index in [2.05, 4.69) is 15.9 Å². The van der Waals surface area contributed by atoms with Gasteiger partial charge in [-0.3, -0.25) is 0 Å². The minimum absolute atomic E-state index is 0.0739. The molecule has 3 N–H and O–H groups in total. The first-order valence-corrected chi connectivity index (χ1v) is 7.32. The molecule has 2 nitrogen and oxygen atoms in total. The van der Waals surface area contributed by atoms with Crippen LogP contribution in [0.15, 0.2) is 40.9 Å². The van der Waals surface area contributed by atoms with Crippen LogP contribution in [0, 0.1) is 18.6 Å². The zero-order valence-corrected chi connectivity index (χ0v) is 13.1. The Kier molecular flexibility index (Phi) is 5.08. The molecule has 0 bridgehead atoms. The van der Waals surface area contributed by atoms with E-state index in [-0.39, 0.29) is 6.54 Å². The highest BCUT2D eigenvalue weighted by Crippen LogP contribution is 2.35. The van der Waals surface area contributed by atoms with E-state index >= 15 is 0 Å². The lowest BCUT2D eigenvalue weighted by Crippen LogP contribution is -2.21. The lowest BCUT2D eigenvalue weighted by atomic mass is 9.88. The fraction of sp³-hybridized carbons (Fsp3) is 0.250. The number of benzene rings is 2. The van der Waals surface area contributed by atoms with Gasteiger partial charge in [0.05, 0.1) is 6.10 Å². The Balaban J connectivity index is 2.42. The van der Waals surface area contributed by atoms with Gasteiger partial charge >= 0.3 is 0 Å². The quantitative estimate of drug-likeness (QED) is 0.875. The maximum Gasteiger partial charge on any atom is 0.126 e. The Labute approximate surface area is 130 Å². The Morgan fingerprint density at radius 2 is 1.76 bits per heavy atom. The maximum atomic E-state index is 13.4. The monoisotopic (exact) mass is 355 g/mol. The second-order valence-corrected chi connectivity index (χ2v) is 5.87. The molecule has 0 amide bonds. The third-order valence-electron chi connectivity index (χ3n) is 3.42. The molecule has 5 heteroatoms. The molecule has 0 aliphatic rings. The van der Waals surface area contributed by atoms with E-state index in [1.54, 1.807) is 0 Å². The molecule has 112 valence electrons. The smallest absolute Gasteiger partial charge is 0.126 e. The minimum Gasteiger partial charge on any atom is -0.388 e. The number of rotatable bonds is 4. The highest BCUT2D eigenvalue weighted by atomic mass is 79.9. The van der Waals surface area contributed by atoms with Gasteiger partial charge in [-0.2, -0.15) is 0 Å². The number of aliphatic hydroxyl groups is 1. The highest BCUT2D eigenvalue weighted by molar-refractivity contribution is 9.10. The van der Waals surface area contributed by atoms with Gasteiger partial charge in [0, 0.05) is 23.0 Å². The predicted octanol–water partition coefficient (Wildman–Crippen LogP) is 3.81. The zero-order valence-electron chi connectivity index (χ0n) is 11.5. The molecule has 2 atom stereocenters. The van der Waals surface area contributed by atoms with E-state index < -0.39 is 23.7 Å². The first-order chi connectivity index (χ1) is 9.92. The summed E-state index contributed by atoms with van der Waals surface area (Å²) in [5.74, 6) is -1.95. The van der Waals surface area contributed by atoms with Crippen molar-refractivity contribution in [2.24, 2.45) is 5.73 Å². The Morgan fingerprint density at radius 1 is 1.14 bits per heavy atom. The molecule has 0 aliphatic heterocycles. The lowest BCUT2D eigenvalue weighted by Gasteiger charge is -2.23. The molecule has 2 aromatic rings. The average Bonchev–Trinajstić information content (AvgIpc) is 2.41. The second kappa shape index (κ2) is 6.64. The first kappa shape index (κ1) is 16.1. The number of hydrogen-bond acceptors (Lipinski definition) is 2. The fourth-order valence-corrected chi connectivity index (χ4v) is 2.82. The number of halogens is 3. The van der Waals surface area contributed by atoms with Gasteiger partial charge in [-0.05, 0) is 36.2 Å². The molecular formula is C16H16BrF2NO. The third-order valence-corrected chi connectivity index (χ3v) is 4.14. The largest absolute Gasteiger partial charge is 0.388 e. The Morgan fingerprint density at radius 3 is 2.33 bits per heavy atom. The van der Waals surface area contributed by atoms with Crippen LogP contribution >= 0.6 is 15.9 Å². The number of hydrogen-bond donors (Lipinski definition) is 2. The van der Waals surface area contributed by atoms with Crippen molar-refractivity contribution in [2.45, 2.75) is 18.9 Å². The summed E-state index contributed by atoms with van der Waals surface area (Å²) in [6.45, 7) is 1.98. The van der Waals surface area contributed by atoms with Gasteiger partial charge in [-0.15, -0.1) is 0 Å². The summed E-state index contributed by atoms with van der Waals surface area (Å²) < 4.78 is 27.5. The molecule has 0 aromatic heterocycles. The van der Waals surface area contributed by atoms with E-state index in [9.17, 15) is 13.9 Å². The van der Waals surface area contributed by atoms with Crippen molar-refractivity contribution in [3.8, 4) is 0 Å². The Hall–Kier alpha value is -1.30. The highest BCUT2D eigenvalue weighted by Gasteiger charge is 2.24. The molecule has 0 saturated heterocycles. The van der Waals surface area contributed by atoms with Crippen molar-refractivity contribution in [1.82, 2.24) is 0 Å². The normalized spacial score (nSPS) is 14.0. The van der Waals surface area contributed by atoms with E-state index in [0.29, 0.717) is 11.1 Å². The van der Waals surface area contributed by atoms with E-state index in [1.807, 2.05) is 25.1 Å². The van der Waals surface area contributed by atoms with Crippen LogP contribution in [0.25, 0.3) is 0 Å². The van der Waals surface area contributed by atoms with Crippen LogP contribution in [-0.2, 0) is 0 Å². The van der Waals surface area contributed by atoms with Crippen molar-refractivity contribution in [3.05, 3.63) is 69.2 Å². The molecule has 2 unspecified atom stereocenters. The predicted molar refractivity (Wildman–Crippen MR) is 82.0 cm³/mol. The van der Waals surface area contributed by atoms with Gasteiger partial charge in [0.25, 0.3) is 0 Å². The van der Waals surface area contributed by atoms with Gasteiger partial charge in [0.2, 0.25) is 0 Å². The van der Waals surface area contributed by atoms with Crippen molar-refractivity contribution in [3.63, 3.8) is 0 Å². The molecule has 2 aromatic carbocycles. The molecule has 0 aliphatic carbocycles. The van der Waals surface area contributed by atoms with Crippen molar-refractivity contribution in [1.29, 1.82) is 0 Å². The summed E-state index contributed by atoms with van der Waals surface area (Å²) >= 11 is 3.38. The summed E-state index contributed by atoms with van der Waals surface area (Å²) in [4.78, 5) is 0. The molecule has 0 fully saturated rings. The van der Waals surface area contributed by atoms with Crippen LogP contribution in [0.3, 0.4) is 0 Å². The molecule has 0 spiro atoms. The van der Waals surface area contributed by atoms with Crippen LogP contribution < -0.4 is 5.73 Å². The summed E-state index contributed by atoms with van der Waals surface area (Å²) in [5.41, 5.74) is 7.68. The molecule has 0 radical (unpaired) electrons. The summed E-state index contributed by atoms with van der Waals surface area (Å²) in [6, 6.07) is 8.76. The molecule has 21 heavy (non-hydrogen) atoms. The molecular weight excluding hydrogens is 340 g/mol. The van der Waals surface area contributed by atoms with Crippen LogP contribution in [-0.4, -0.2) is 11.7 Å². The standard InChI is InChI=1S/C16H16BrF2NO/c1-9-2-3-15(17)13(4-9)16(21)14(8-20)10-5-11(18)7-12(19)6-10/h2-7,14,16,21H,8,20H2,1H3. The maximum absolute atomic E-state index is 13.4. The minimum atomic E-state index is -0.953. The van der Waals surface area contributed by atoms with Crippen LogP contribution in [0.2, 0.25) is 0 Å². The first-order valence-electron chi connectivity index (χ1n) is 6.52. The SMILES string of the molecule is Cc1ccc(Br)c(C(O)C(CN)c2cc(F)cc(F)c2)c1. The van der Waals surface area contributed by atoms with Gasteiger partial charge in [0.15, 0.2) is 0 Å². The van der Waals surface area contributed by atoms with Gasteiger partial charge in [-0.25, -0.2) is 8.78 Å². The van der Waals surface area contributed by atoms with Crippen LogP contribution in [0.5, 0.6) is 0 Å². The molecule has 2 rings (SSSR count). The summed E-state index contributed by atoms with van der Waals surface area (Å²) in [7, 11) is 0. The lowest BCUT2D eigenvalue weighted by molar-refractivity contribution is 0.146. The van der Waals surface area contributed by atoms with E-state index in [0.717, 1.165) is 16.1 Å². The van der Waals surface area contributed by atoms with E-state index in [4.69, 9.17) is 5.73 Å². The van der Waals surface area contributed by atoms with E-state index in [1.165, 1.54) is 12.1 Å². The molecule has 0 saturated carbocycles. The number of aliphatic hydroxyl groups excluding tert-OH is 1. The van der Waals surface area contributed by atoms with Gasteiger partial charge < -0.3 is 10.8 Å². The van der Waals surface area contributed by atoms with Crippen molar-refractivity contribution in [2.75, 3.05) is 6.54 Å². The van der Waals surface area contributed by atoms with Crippen molar-refractivity contribution < 1.29 is 13.9 Å². The van der Waals surface area contributed by atoms with Crippen molar-refractivity contribution >= 4 is 15.9 Å². The molecule has 0 heterocycles. The van der Waals surface area contributed by atoms with Gasteiger partial charge in [-0.1, -0.05) is 33.6 Å². The fourth-order valence-electron chi connectivity index (χ4n) is 2.34. The number of aryl methyl sites for hydroxylation is 1. The summed E-state index contributed by atoms with van der Waals surface area (Å²) in [5, 5.41) is 10.6. The Bertz CT molecular complexity index is 628. The van der Waals surface area contributed by atoms with Crippen LogP contribution in [0.1, 0.15) is 28.7 Å². The number of nitrogens with two attached hydrogens (primary N) is 1. The topological polar surface area (TPSA) is 46.2 Å². The second-order valence-electron chi connectivity index (χ2n) is 5.01. The summed E-state index contributed by atoms with van der Waals surface area (Å²) in [6.07, 6.45) is -0.953. The van der Waals surface area contributed by atoms with Crippen LogP contribution in [0.4, 0.5) is 8.78 Å². The van der Waals surface area contributed by atoms with Gasteiger partial charge in [0.1, 0.15) is 11.6 Å². The third kappa shape index (κ3) is 3.67.